The van der Waals surface area contributed by atoms with Gasteiger partial charge in [-0.15, -0.1) is 0 Å². The van der Waals surface area contributed by atoms with Gasteiger partial charge in [0, 0.05) is 6.54 Å². The number of hydrogen-bond acceptors (Lipinski definition) is 3. The number of aromatic nitrogens is 2. The summed E-state index contributed by atoms with van der Waals surface area (Å²) in [6, 6.07) is 8.17. The molecule has 5 heteroatoms. The quantitative estimate of drug-likeness (QED) is 0.773. The lowest BCUT2D eigenvalue weighted by Crippen LogP contribution is -2.27. The average Bonchev–Trinajstić information content (AvgIpc) is 2.97. The first-order chi connectivity index (χ1) is 11.0. The minimum Gasteiger partial charge on any atom is -0.352 e. The molecule has 0 atom stereocenters. The molecule has 23 heavy (non-hydrogen) atoms. The number of nitrogens with zero attached hydrogens (tertiary/aromatic N) is 2. The van der Waals surface area contributed by atoms with Gasteiger partial charge in [0.1, 0.15) is 0 Å². The smallest absolute Gasteiger partial charge is 0.254 e. The Labute approximate surface area is 138 Å². The van der Waals surface area contributed by atoms with Crippen molar-refractivity contribution >= 4 is 5.91 Å². The fourth-order valence-corrected chi connectivity index (χ4v) is 2.54. The van der Waals surface area contributed by atoms with E-state index in [0.717, 1.165) is 24.3 Å². The van der Waals surface area contributed by atoms with Gasteiger partial charge in [-0.1, -0.05) is 31.5 Å². The van der Waals surface area contributed by atoms with Crippen molar-refractivity contribution in [2.24, 2.45) is 0 Å². The van der Waals surface area contributed by atoms with Crippen LogP contribution in [0.4, 0.5) is 0 Å². The van der Waals surface area contributed by atoms with Crippen LogP contribution in [0.2, 0.25) is 0 Å². The Bertz CT molecular complexity index is 644. The zero-order valence-corrected chi connectivity index (χ0v) is 14.4. The van der Waals surface area contributed by atoms with Crippen molar-refractivity contribution in [2.75, 3.05) is 20.1 Å². The van der Waals surface area contributed by atoms with Crippen molar-refractivity contribution in [3.63, 3.8) is 0 Å². The average molecular weight is 314 g/mol. The van der Waals surface area contributed by atoms with E-state index in [-0.39, 0.29) is 11.8 Å². The number of amides is 1. The van der Waals surface area contributed by atoms with E-state index in [4.69, 9.17) is 0 Å². The van der Waals surface area contributed by atoms with Gasteiger partial charge in [0.15, 0.2) is 0 Å². The van der Waals surface area contributed by atoms with Crippen LogP contribution in [0.5, 0.6) is 0 Å². The van der Waals surface area contributed by atoms with Crippen LogP contribution in [0.1, 0.15) is 47.8 Å². The molecule has 2 aromatic rings. The molecule has 1 heterocycles. The lowest BCUT2D eigenvalue weighted by molar-refractivity contribution is 0.0952. The summed E-state index contributed by atoms with van der Waals surface area (Å²) in [4.78, 5) is 12.4. The highest BCUT2D eigenvalue weighted by Crippen LogP contribution is 2.23. The van der Waals surface area contributed by atoms with Crippen LogP contribution in [0, 0.1) is 6.92 Å². The van der Waals surface area contributed by atoms with E-state index in [2.05, 4.69) is 48.6 Å². The van der Waals surface area contributed by atoms with E-state index in [1.54, 1.807) is 6.20 Å². The normalized spacial score (nSPS) is 11.0. The lowest BCUT2D eigenvalue weighted by atomic mass is 10.0. The third kappa shape index (κ3) is 4.20. The Morgan fingerprint density at radius 3 is 2.52 bits per heavy atom. The van der Waals surface area contributed by atoms with Crippen molar-refractivity contribution in [3.05, 3.63) is 47.3 Å². The molecular weight excluding hydrogens is 288 g/mol. The predicted molar refractivity (Wildman–Crippen MR) is 93.3 cm³/mol. The minimum absolute atomic E-state index is 0.0526. The molecule has 0 unspecified atom stereocenters. The molecule has 0 spiro atoms. The second kappa shape index (κ2) is 7.92. The van der Waals surface area contributed by atoms with Gasteiger partial charge in [-0.25, -0.2) is 4.68 Å². The second-order valence-electron chi connectivity index (χ2n) is 6.06. The van der Waals surface area contributed by atoms with E-state index < -0.39 is 0 Å². The SMILES string of the molecule is CNCCCNC(=O)c1cnn(-c2ccc(C)cc2)c1C(C)C. The predicted octanol–water partition coefficient (Wildman–Crippen LogP) is 2.64. The van der Waals surface area contributed by atoms with Gasteiger partial charge in [-0.05, 0) is 45.0 Å². The van der Waals surface area contributed by atoms with Crippen molar-refractivity contribution in [3.8, 4) is 5.69 Å². The Morgan fingerprint density at radius 1 is 1.22 bits per heavy atom. The maximum atomic E-state index is 12.4. The standard InChI is InChI=1S/C18H26N4O/c1-13(2)17-16(18(23)20-11-5-10-19-4)12-21-22(17)15-8-6-14(3)7-9-15/h6-9,12-13,19H,5,10-11H2,1-4H3,(H,20,23). The Hall–Kier alpha value is -2.14. The van der Waals surface area contributed by atoms with Crippen LogP contribution < -0.4 is 10.6 Å². The molecule has 0 aliphatic rings. The first-order valence-corrected chi connectivity index (χ1v) is 8.12. The Morgan fingerprint density at radius 2 is 1.91 bits per heavy atom. The highest BCUT2D eigenvalue weighted by atomic mass is 16.1. The molecule has 5 nitrogen and oxygen atoms in total. The minimum atomic E-state index is -0.0526. The van der Waals surface area contributed by atoms with Gasteiger partial charge in [0.05, 0.1) is 23.1 Å². The highest BCUT2D eigenvalue weighted by Gasteiger charge is 2.20. The van der Waals surface area contributed by atoms with Crippen LogP contribution in [0.3, 0.4) is 0 Å². The number of nitrogens with one attached hydrogen (secondary N) is 2. The van der Waals surface area contributed by atoms with Gasteiger partial charge in [-0.2, -0.15) is 5.10 Å². The molecule has 0 aliphatic heterocycles. The maximum absolute atomic E-state index is 12.4. The van der Waals surface area contributed by atoms with E-state index in [1.165, 1.54) is 5.56 Å². The summed E-state index contributed by atoms with van der Waals surface area (Å²) in [6.07, 6.45) is 2.58. The van der Waals surface area contributed by atoms with Crippen molar-refractivity contribution in [2.45, 2.75) is 33.1 Å². The Kier molecular flexibility index (Phi) is 5.93. The largest absolute Gasteiger partial charge is 0.352 e. The van der Waals surface area contributed by atoms with Crippen LogP contribution in [0.15, 0.2) is 30.5 Å². The molecular formula is C18H26N4O. The van der Waals surface area contributed by atoms with E-state index >= 15 is 0 Å². The fraction of sp³-hybridized carbons (Fsp3) is 0.444. The summed E-state index contributed by atoms with van der Waals surface area (Å²) >= 11 is 0. The Balaban J connectivity index is 2.24. The van der Waals surface area contributed by atoms with Crippen LogP contribution in [-0.2, 0) is 0 Å². The molecule has 1 aromatic carbocycles. The van der Waals surface area contributed by atoms with E-state index in [9.17, 15) is 4.79 Å². The molecule has 0 fully saturated rings. The summed E-state index contributed by atoms with van der Waals surface area (Å²) in [5.41, 5.74) is 3.79. The monoisotopic (exact) mass is 314 g/mol. The van der Waals surface area contributed by atoms with Gasteiger partial charge in [0.2, 0.25) is 0 Å². The molecule has 0 saturated carbocycles. The maximum Gasteiger partial charge on any atom is 0.254 e. The van der Waals surface area contributed by atoms with Gasteiger partial charge >= 0.3 is 0 Å². The first kappa shape index (κ1) is 17.2. The van der Waals surface area contributed by atoms with Crippen LogP contribution in [0.25, 0.3) is 5.69 Å². The number of rotatable bonds is 7. The number of carbonyl (C=O) groups is 1. The molecule has 0 bridgehead atoms. The van der Waals surface area contributed by atoms with Gasteiger partial charge in [-0.3, -0.25) is 4.79 Å². The summed E-state index contributed by atoms with van der Waals surface area (Å²) in [6.45, 7) is 7.77. The molecule has 1 aromatic heterocycles. The van der Waals surface area contributed by atoms with E-state index in [0.29, 0.717) is 12.1 Å². The summed E-state index contributed by atoms with van der Waals surface area (Å²) < 4.78 is 1.87. The van der Waals surface area contributed by atoms with E-state index in [1.807, 2.05) is 23.9 Å². The highest BCUT2D eigenvalue weighted by molar-refractivity contribution is 5.95. The van der Waals surface area contributed by atoms with Crippen molar-refractivity contribution in [1.29, 1.82) is 0 Å². The zero-order chi connectivity index (χ0) is 16.8. The first-order valence-electron chi connectivity index (χ1n) is 8.12. The van der Waals surface area contributed by atoms with Gasteiger partial charge < -0.3 is 10.6 Å². The fourth-order valence-electron chi connectivity index (χ4n) is 2.54. The molecule has 2 rings (SSSR count). The second-order valence-corrected chi connectivity index (χ2v) is 6.06. The molecule has 0 radical (unpaired) electrons. The third-order valence-corrected chi connectivity index (χ3v) is 3.77. The number of benzene rings is 1. The molecule has 0 saturated heterocycles. The molecule has 2 N–H and O–H groups in total. The number of hydrogen-bond donors (Lipinski definition) is 2. The van der Waals surface area contributed by atoms with Crippen LogP contribution in [-0.4, -0.2) is 35.8 Å². The molecule has 1 amide bonds. The van der Waals surface area contributed by atoms with Crippen molar-refractivity contribution in [1.82, 2.24) is 20.4 Å². The zero-order valence-electron chi connectivity index (χ0n) is 14.4. The van der Waals surface area contributed by atoms with Crippen molar-refractivity contribution < 1.29 is 4.79 Å². The third-order valence-electron chi connectivity index (χ3n) is 3.77. The lowest BCUT2D eigenvalue weighted by Gasteiger charge is -2.13. The molecule has 124 valence electrons. The number of aryl methyl sites for hydroxylation is 1. The summed E-state index contributed by atoms with van der Waals surface area (Å²) in [5, 5.41) is 10.5. The van der Waals surface area contributed by atoms with Gasteiger partial charge in [0.25, 0.3) is 5.91 Å². The summed E-state index contributed by atoms with van der Waals surface area (Å²) in [7, 11) is 1.91. The summed E-state index contributed by atoms with van der Waals surface area (Å²) in [5.74, 6) is 0.153. The number of carbonyl (C=O) groups excluding carboxylic acids is 1. The van der Waals surface area contributed by atoms with Crippen LogP contribution >= 0.6 is 0 Å². The topological polar surface area (TPSA) is 58.9 Å². The molecule has 0 aliphatic carbocycles.